The average Bonchev–Trinajstić information content (AvgIpc) is 2.92. The zero-order valence-electron chi connectivity index (χ0n) is 22.3. The Labute approximate surface area is 236 Å². The van der Waals surface area contributed by atoms with Crippen molar-refractivity contribution in [3.63, 3.8) is 0 Å². The summed E-state index contributed by atoms with van der Waals surface area (Å²) in [5, 5.41) is 4.20. The molecule has 1 saturated heterocycles. The summed E-state index contributed by atoms with van der Waals surface area (Å²) in [6, 6.07) is 6.92. The van der Waals surface area contributed by atoms with Crippen LogP contribution in [-0.2, 0) is 17.3 Å². The van der Waals surface area contributed by atoms with E-state index in [0.29, 0.717) is 48.3 Å². The summed E-state index contributed by atoms with van der Waals surface area (Å²) in [5.74, 6) is 2.95. The highest BCUT2D eigenvalue weighted by atomic mass is 35.5. The van der Waals surface area contributed by atoms with Gasteiger partial charge in [0.05, 0.1) is 23.8 Å². The summed E-state index contributed by atoms with van der Waals surface area (Å²) >= 11 is 6.17. The molecule has 210 valence electrons. The Morgan fingerprint density at radius 1 is 1.13 bits per heavy atom. The normalized spacial score (nSPS) is 18.1. The van der Waals surface area contributed by atoms with Crippen molar-refractivity contribution >= 4 is 44.8 Å². The van der Waals surface area contributed by atoms with Gasteiger partial charge in [0.25, 0.3) is 0 Å². The van der Waals surface area contributed by atoms with Gasteiger partial charge in [-0.05, 0) is 63.0 Å². The van der Waals surface area contributed by atoms with E-state index in [1.54, 1.807) is 6.07 Å². The molecule has 0 radical (unpaired) electrons. The SMILES string of the molecule is CN1CCCCCOc2cc3c(ncnc3cc2OCCCN2CCS(=O)CC2)Nc2cc(Cl)c(F)cc2C1. The highest BCUT2D eigenvalue weighted by Crippen LogP contribution is 2.36. The number of hydrogen-bond acceptors (Lipinski definition) is 8. The molecule has 0 saturated carbocycles. The van der Waals surface area contributed by atoms with E-state index in [2.05, 4.69) is 25.1 Å². The van der Waals surface area contributed by atoms with Crippen LogP contribution in [0.25, 0.3) is 10.9 Å². The van der Waals surface area contributed by atoms with E-state index < -0.39 is 16.6 Å². The molecule has 1 N–H and O–H groups in total. The van der Waals surface area contributed by atoms with Gasteiger partial charge in [-0.1, -0.05) is 11.6 Å². The van der Waals surface area contributed by atoms with Crippen LogP contribution in [0.3, 0.4) is 0 Å². The summed E-state index contributed by atoms with van der Waals surface area (Å²) in [5.41, 5.74) is 2.22. The first-order chi connectivity index (χ1) is 19.0. The van der Waals surface area contributed by atoms with Crippen LogP contribution in [0.2, 0.25) is 5.02 Å². The third-order valence-corrected chi connectivity index (χ3v) is 8.69. The predicted octanol–water partition coefficient (Wildman–Crippen LogP) is 4.99. The minimum absolute atomic E-state index is 0.0534. The second kappa shape index (κ2) is 13.2. The van der Waals surface area contributed by atoms with Gasteiger partial charge < -0.3 is 24.6 Å². The molecule has 0 spiro atoms. The molecular formula is C28H35ClFN5O3S. The van der Waals surface area contributed by atoms with Crippen molar-refractivity contribution in [3.05, 3.63) is 47.0 Å². The van der Waals surface area contributed by atoms with Crippen LogP contribution < -0.4 is 14.8 Å². The monoisotopic (exact) mass is 575 g/mol. The Kier molecular flexibility index (Phi) is 9.49. The fourth-order valence-corrected chi connectivity index (χ4v) is 6.23. The quantitative estimate of drug-likeness (QED) is 0.426. The second-order valence-electron chi connectivity index (χ2n) is 10.1. The first-order valence-corrected chi connectivity index (χ1v) is 15.4. The van der Waals surface area contributed by atoms with E-state index in [0.717, 1.165) is 74.3 Å². The summed E-state index contributed by atoms with van der Waals surface area (Å²) < 4.78 is 38.5. The number of halogens is 2. The number of hydrogen-bond donors (Lipinski definition) is 1. The molecule has 8 nitrogen and oxygen atoms in total. The lowest BCUT2D eigenvalue weighted by atomic mass is 10.1. The van der Waals surface area contributed by atoms with Gasteiger partial charge in [0.1, 0.15) is 18.0 Å². The lowest BCUT2D eigenvalue weighted by molar-refractivity contribution is 0.233. The van der Waals surface area contributed by atoms with Gasteiger partial charge in [-0.2, -0.15) is 0 Å². The Morgan fingerprint density at radius 2 is 1.97 bits per heavy atom. The minimum Gasteiger partial charge on any atom is -0.490 e. The van der Waals surface area contributed by atoms with Crippen molar-refractivity contribution in [2.45, 2.75) is 32.2 Å². The summed E-state index contributed by atoms with van der Waals surface area (Å²) in [6.45, 7) is 5.25. The molecule has 2 aromatic carbocycles. The molecule has 2 aliphatic heterocycles. The number of ether oxygens (including phenoxy) is 2. The zero-order chi connectivity index (χ0) is 27.2. The van der Waals surface area contributed by atoms with E-state index >= 15 is 0 Å². The average molecular weight is 576 g/mol. The zero-order valence-corrected chi connectivity index (χ0v) is 23.8. The molecular weight excluding hydrogens is 541 g/mol. The highest BCUT2D eigenvalue weighted by molar-refractivity contribution is 7.85. The van der Waals surface area contributed by atoms with E-state index in [1.807, 2.05) is 19.2 Å². The number of anilines is 2. The number of rotatable bonds is 5. The Hall–Kier alpha value is -2.53. The van der Waals surface area contributed by atoms with E-state index in [4.69, 9.17) is 21.1 Å². The molecule has 5 rings (SSSR count). The summed E-state index contributed by atoms with van der Waals surface area (Å²) in [7, 11) is 1.36. The molecule has 39 heavy (non-hydrogen) atoms. The molecule has 2 aliphatic rings. The number of fused-ring (bicyclic) bond motifs is 2. The molecule has 3 heterocycles. The standard InChI is InChI=1S/C28H35ClFN5O3S/c1-34-6-3-2-4-10-37-26-15-21-25(17-27(26)38-11-5-7-35-8-12-39(36)13-9-35)31-19-32-28(21)33-24-16-22(29)23(30)14-20(24)18-34/h14-17,19H,2-13,18H2,1H3,(H,31,32,33). The van der Waals surface area contributed by atoms with E-state index in [9.17, 15) is 8.60 Å². The number of nitrogens with zero attached hydrogens (tertiary/aromatic N) is 4. The van der Waals surface area contributed by atoms with Crippen molar-refractivity contribution in [2.24, 2.45) is 0 Å². The summed E-state index contributed by atoms with van der Waals surface area (Å²) in [6.07, 6.45) is 5.31. The fourth-order valence-electron chi connectivity index (χ4n) is 4.93. The van der Waals surface area contributed by atoms with Crippen molar-refractivity contribution in [2.75, 3.05) is 63.3 Å². The molecule has 2 bridgehead atoms. The number of nitrogens with one attached hydrogen (secondary N) is 1. The van der Waals surface area contributed by atoms with Gasteiger partial charge >= 0.3 is 0 Å². The van der Waals surface area contributed by atoms with Gasteiger partial charge in [-0.15, -0.1) is 0 Å². The maximum absolute atomic E-state index is 14.4. The Bertz CT molecular complexity index is 1320. The third-order valence-electron chi connectivity index (χ3n) is 7.13. The Balaban J connectivity index is 1.40. The molecule has 11 heteroatoms. The largest absolute Gasteiger partial charge is 0.490 e. The summed E-state index contributed by atoms with van der Waals surface area (Å²) in [4.78, 5) is 13.5. The minimum atomic E-state index is -0.670. The van der Waals surface area contributed by atoms with Crippen LogP contribution in [0.4, 0.5) is 15.9 Å². The van der Waals surface area contributed by atoms with Gasteiger partial charge in [0.15, 0.2) is 11.5 Å². The molecule has 0 unspecified atom stereocenters. The van der Waals surface area contributed by atoms with Crippen LogP contribution in [0, 0.1) is 5.82 Å². The first kappa shape index (κ1) is 28.0. The van der Waals surface area contributed by atoms with Gasteiger partial charge in [0.2, 0.25) is 0 Å². The van der Waals surface area contributed by atoms with Crippen LogP contribution in [0.5, 0.6) is 11.5 Å². The van der Waals surface area contributed by atoms with Crippen LogP contribution in [0.1, 0.15) is 31.2 Å². The van der Waals surface area contributed by atoms with Crippen LogP contribution in [-0.4, -0.2) is 81.9 Å². The fraction of sp³-hybridized carbons (Fsp3) is 0.500. The maximum Gasteiger partial charge on any atom is 0.163 e. The predicted molar refractivity (Wildman–Crippen MR) is 154 cm³/mol. The van der Waals surface area contributed by atoms with Crippen molar-refractivity contribution < 1.29 is 18.1 Å². The van der Waals surface area contributed by atoms with E-state index in [1.165, 1.54) is 12.4 Å². The third kappa shape index (κ3) is 7.36. The number of benzene rings is 2. The highest BCUT2D eigenvalue weighted by Gasteiger charge is 2.18. The maximum atomic E-state index is 14.4. The topological polar surface area (TPSA) is 79.8 Å². The van der Waals surface area contributed by atoms with Gasteiger partial charge in [-0.25, -0.2) is 14.4 Å². The first-order valence-electron chi connectivity index (χ1n) is 13.5. The molecule has 0 amide bonds. The lowest BCUT2D eigenvalue weighted by Crippen LogP contribution is -2.38. The van der Waals surface area contributed by atoms with Gasteiger partial charge in [-0.3, -0.25) is 4.21 Å². The van der Waals surface area contributed by atoms with Gasteiger partial charge in [0, 0.05) is 65.6 Å². The van der Waals surface area contributed by atoms with Crippen molar-refractivity contribution in [1.82, 2.24) is 19.8 Å². The lowest BCUT2D eigenvalue weighted by Gasteiger charge is -2.25. The molecule has 0 aliphatic carbocycles. The second-order valence-corrected chi connectivity index (χ2v) is 12.2. The van der Waals surface area contributed by atoms with Crippen LogP contribution in [0.15, 0.2) is 30.6 Å². The smallest absolute Gasteiger partial charge is 0.163 e. The van der Waals surface area contributed by atoms with Crippen LogP contribution >= 0.6 is 11.6 Å². The molecule has 3 aromatic rings. The Morgan fingerprint density at radius 3 is 2.82 bits per heavy atom. The van der Waals surface area contributed by atoms with Crippen molar-refractivity contribution in [3.8, 4) is 11.5 Å². The van der Waals surface area contributed by atoms with E-state index in [-0.39, 0.29) is 5.02 Å². The van der Waals surface area contributed by atoms with Crippen molar-refractivity contribution in [1.29, 1.82) is 0 Å². The number of aromatic nitrogens is 2. The molecule has 1 aromatic heterocycles. The molecule has 1 fully saturated rings. The molecule has 0 atom stereocenters.